The molecule has 0 fully saturated rings. The van der Waals surface area contributed by atoms with Crippen LogP contribution in [0.1, 0.15) is 0 Å². The van der Waals surface area contributed by atoms with Gasteiger partial charge in [0.25, 0.3) is 0 Å². The van der Waals surface area contributed by atoms with E-state index in [1.54, 1.807) is 7.11 Å². The normalized spacial score (nSPS) is 13.8. The van der Waals surface area contributed by atoms with Gasteiger partial charge in [-0.05, 0) is 0 Å². The summed E-state index contributed by atoms with van der Waals surface area (Å²) in [6, 6.07) is 25.7. The second kappa shape index (κ2) is 6.81. The van der Waals surface area contributed by atoms with Crippen molar-refractivity contribution in [2.24, 2.45) is 0 Å². The molecule has 24 heavy (non-hydrogen) atoms. The molecule has 123 valence electrons. The molecular weight excluding hydrogens is 474 g/mol. The Morgan fingerprint density at radius 2 is 1.38 bits per heavy atom. The first-order chi connectivity index (χ1) is 11.2. The standard InChI is InChI=1S/C20H18AsO2.HI/c1-21(15-8-7-9-16(14-15)22-2)17-10-3-5-12-19(17)23-20-13-6-4-11-18(20)21;/h3-14H,1-2H3;1H. The van der Waals surface area contributed by atoms with E-state index in [0.717, 1.165) is 17.2 Å². The fourth-order valence-corrected chi connectivity index (χ4v) is 10.7. The Balaban J connectivity index is 0.00000169. The Bertz CT molecular complexity index is 833. The third-order valence-electron chi connectivity index (χ3n) is 4.54. The number of rotatable bonds is 2. The van der Waals surface area contributed by atoms with Gasteiger partial charge in [0, 0.05) is 0 Å². The quantitative estimate of drug-likeness (QED) is 0.275. The molecule has 4 rings (SSSR count). The summed E-state index contributed by atoms with van der Waals surface area (Å²) in [6.45, 7) is 0. The summed E-state index contributed by atoms with van der Waals surface area (Å²) in [5.41, 5.74) is 2.44. The first-order valence-electron chi connectivity index (χ1n) is 7.65. The largest absolute Gasteiger partial charge is 1.00 e. The van der Waals surface area contributed by atoms with Crippen LogP contribution in [0, 0.1) is 0 Å². The number of para-hydroxylation sites is 2. The van der Waals surface area contributed by atoms with Crippen molar-refractivity contribution in [3.05, 3.63) is 72.8 Å². The van der Waals surface area contributed by atoms with E-state index in [9.17, 15) is 0 Å². The number of hydrogen-bond donors (Lipinski definition) is 0. The Morgan fingerprint density at radius 3 is 1.96 bits per heavy atom. The molecule has 0 aromatic heterocycles. The monoisotopic (exact) mass is 493 g/mol. The molecule has 0 unspecified atom stereocenters. The maximum Gasteiger partial charge on any atom is -1.00 e. The number of fused-ring (bicyclic) bond motifs is 2. The van der Waals surface area contributed by atoms with Crippen LogP contribution in [0.15, 0.2) is 72.8 Å². The Hall–Kier alpha value is -1.45. The maximum absolute atomic E-state index is 5.47. The van der Waals surface area contributed by atoms with E-state index in [2.05, 4.69) is 72.4 Å². The van der Waals surface area contributed by atoms with Crippen molar-refractivity contribution in [3.63, 3.8) is 0 Å². The molecular formula is C20H19AsIO2. The van der Waals surface area contributed by atoms with Crippen molar-refractivity contribution in [1.29, 1.82) is 0 Å². The third kappa shape index (κ3) is 2.64. The SMILES string of the molecule is COc1cccc([As]2(C)c3ccccc3[OH+]c3ccccc32)c1.[I-]. The minimum Gasteiger partial charge on any atom is -1.00 e. The van der Waals surface area contributed by atoms with E-state index < -0.39 is 13.6 Å². The molecule has 4 heteroatoms. The predicted molar refractivity (Wildman–Crippen MR) is 97.5 cm³/mol. The number of benzene rings is 3. The Kier molecular flexibility index (Phi) is 4.93. The van der Waals surface area contributed by atoms with Gasteiger partial charge in [0.1, 0.15) is 0 Å². The number of hydrogen-bond acceptors (Lipinski definition) is 1. The van der Waals surface area contributed by atoms with Gasteiger partial charge in [0.05, 0.1) is 0 Å². The van der Waals surface area contributed by atoms with Crippen LogP contribution in [0.4, 0.5) is 0 Å². The summed E-state index contributed by atoms with van der Waals surface area (Å²) < 4.78 is 14.5. The van der Waals surface area contributed by atoms with Gasteiger partial charge in [-0.15, -0.1) is 0 Å². The Labute approximate surface area is 162 Å². The topological polar surface area (TPSA) is 22.0 Å². The van der Waals surface area contributed by atoms with Crippen molar-refractivity contribution in [2.75, 3.05) is 7.11 Å². The first-order valence-corrected chi connectivity index (χ1v) is 12.3. The maximum atomic E-state index is 5.47. The summed E-state index contributed by atoms with van der Waals surface area (Å²) >= 11 is -2.51. The molecule has 1 radical (unpaired) electrons. The van der Waals surface area contributed by atoms with Crippen LogP contribution in [0.5, 0.6) is 17.2 Å². The molecule has 0 spiro atoms. The summed E-state index contributed by atoms with van der Waals surface area (Å²) in [5, 5.41) is 0. The van der Waals surface area contributed by atoms with Crippen LogP contribution in [-0.2, 0) is 0 Å². The molecule has 3 aromatic rings. The van der Waals surface area contributed by atoms with Gasteiger partial charge in [-0.2, -0.15) is 0 Å². The molecule has 0 saturated heterocycles. The molecule has 0 aliphatic carbocycles. The summed E-state index contributed by atoms with van der Waals surface area (Å²) in [7, 11) is 1.73. The van der Waals surface area contributed by atoms with Crippen molar-refractivity contribution in [3.8, 4) is 17.2 Å². The van der Waals surface area contributed by atoms with Crippen LogP contribution in [0.2, 0.25) is 5.71 Å². The van der Waals surface area contributed by atoms with Crippen LogP contribution in [-0.4, -0.2) is 25.4 Å². The molecule has 2 nitrogen and oxygen atoms in total. The van der Waals surface area contributed by atoms with Crippen molar-refractivity contribution in [1.82, 2.24) is 0 Å². The van der Waals surface area contributed by atoms with Gasteiger partial charge in [-0.1, -0.05) is 0 Å². The smallest absolute Gasteiger partial charge is 1.00 e. The molecule has 0 bridgehead atoms. The van der Waals surface area contributed by atoms with Gasteiger partial charge in [-0.3, -0.25) is 0 Å². The molecule has 0 amide bonds. The summed E-state index contributed by atoms with van der Waals surface area (Å²) in [5.74, 6) is 3.15. The number of halogens is 1. The van der Waals surface area contributed by atoms with Crippen molar-refractivity contribution >= 4 is 26.6 Å². The van der Waals surface area contributed by atoms with Crippen LogP contribution >= 0.6 is 0 Å². The van der Waals surface area contributed by atoms with Gasteiger partial charge in [0.2, 0.25) is 0 Å². The summed E-state index contributed by atoms with van der Waals surface area (Å²) in [4.78, 5) is 0. The van der Waals surface area contributed by atoms with Crippen molar-refractivity contribution < 1.29 is 33.5 Å². The number of methoxy groups -OCH3 is 1. The zero-order chi connectivity index (χ0) is 15.9. The average Bonchev–Trinajstić information content (AvgIpc) is 2.62. The fourth-order valence-electron chi connectivity index (χ4n) is 3.30. The molecule has 1 N–H and O–H groups in total. The van der Waals surface area contributed by atoms with Gasteiger partial charge in [-0.25, -0.2) is 0 Å². The van der Waals surface area contributed by atoms with Gasteiger partial charge >= 0.3 is 139 Å². The average molecular weight is 493 g/mol. The Morgan fingerprint density at radius 1 is 0.792 bits per heavy atom. The van der Waals surface area contributed by atoms with E-state index in [0.29, 0.717) is 0 Å². The molecule has 0 atom stereocenters. The van der Waals surface area contributed by atoms with Crippen LogP contribution < -0.4 is 41.8 Å². The number of ether oxygens (including phenoxy) is 2. The van der Waals surface area contributed by atoms with Crippen LogP contribution in [0.25, 0.3) is 0 Å². The second-order valence-electron chi connectivity index (χ2n) is 5.80. The van der Waals surface area contributed by atoms with Gasteiger partial charge in [0.15, 0.2) is 0 Å². The third-order valence-corrected chi connectivity index (χ3v) is 12.9. The van der Waals surface area contributed by atoms with E-state index in [-0.39, 0.29) is 24.0 Å². The van der Waals surface area contributed by atoms with Gasteiger partial charge < -0.3 is 24.0 Å². The predicted octanol–water partition coefficient (Wildman–Crippen LogP) is -0.233. The first kappa shape index (κ1) is 17.4. The van der Waals surface area contributed by atoms with Crippen LogP contribution in [0.3, 0.4) is 0 Å². The van der Waals surface area contributed by atoms with E-state index in [4.69, 9.17) is 9.47 Å². The second-order valence-corrected chi connectivity index (χ2v) is 13.1. The fraction of sp³-hybridized carbons (Fsp3) is 0.100. The summed E-state index contributed by atoms with van der Waals surface area (Å²) in [6.07, 6.45) is 0. The molecule has 3 aromatic carbocycles. The zero-order valence-electron chi connectivity index (χ0n) is 13.6. The van der Waals surface area contributed by atoms with E-state index in [1.807, 2.05) is 6.07 Å². The molecule has 1 aliphatic heterocycles. The van der Waals surface area contributed by atoms with Crippen molar-refractivity contribution in [2.45, 2.75) is 5.71 Å². The number of aromatic hydroxyl groups is 2. The zero-order valence-corrected chi connectivity index (χ0v) is 17.6. The minimum atomic E-state index is -2.51. The minimum absolute atomic E-state index is 0. The van der Waals surface area contributed by atoms with E-state index in [1.165, 1.54) is 13.1 Å². The van der Waals surface area contributed by atoms with E-state index >= 15 is 0 Å². The molecule has 1 aliphatic rings. The molecule has 0 saturated carbocycles. The molecule has 1 heterocycles.